The summed E-state index contributed by atoms with van der Waals surface area (Å²) in [4.78, 5) is 21.6. The van der Waals surface area contributed by atoms with Gasteiger partial charge in [0.2, 0.25) is 5.91 Å². The fourth-order valence-corrected chi connectivity index (χ4v) is 1.72. The number of carboxylic acids is 1. The predicted molar refractivity (Wildman–Crippen MR) is 64.4 cm³/mol. The zero-order chi connectivity index (χ0) is 12.1. The molecule has 16 heavy (non-hydrogen) atoms. The van der Waals surface area contributed by atoms with Gasteiger partial charge in [-0.3, -0.25) is 9.59 Å². The number of hydrogen-bond donors (Lipinski definition) is 2. The van der Waals surface area contributed by atoms with E-state index in [0.717, 1.165) is 16.5 Å². The Morgan fingerprint density at radius 3 is 2.69 bits per heavy atom. The molecule has 0 unspecified atom stereocenters. The number of anilines is 1. The number of carboxylic acid groups (broad SMARTS) is 1. The van der Waals surface area contributed by atoms with E-state index in [9.17, 15) is 9.59 Å². The van der Waals surface area contributed by atoms with Gasteiger partial charge in [-0.1, -0.05) is 22.9 Å². The van der Waals surface area contributed by atoms with E-state index in [2.05, 4.69) is 21.2 Å². The highest BCUT2D eigenvalue weighted by atomic mass is 79.9. The fourth-order valence-electron chi connectivity index (χ4n) is 1.31. The second kappa shape index (κ2) is 5.65. The van der Waals surface area contributed by atoms with E-state index in [4.69, 9.17) is 5.11 Å². The zero-order valence-corrected chi connectivity index (χ0v) is 10.4. The lowest BCUT2D eigenvalue weighted by Crippen LogP contribution is -2.16. The molecule has 0 aromatic heterocycles. The van der Waals surface area contributed by atoms with Crippen LogP contribution in [-0.2, 0) is 16.0 Å². The molecule has 0 atom stereocenters. The average Bonchev–Trinajstić information content (AvgIpc) is 2.19. The van der Waals surface area contributed by atoms with Crippen molar-refractivity contribution in [1.82, 2.24) is 0 Å². The molecule has 0 radical (unpaired) electrons. The first-order chi connectivity index (χ1) is 7.52. The molecule has 4 nitrogen and oxygen atoms in total. The summed E-state index contributed by atoms with van der Waals surface area (Å²) in [5.74, 6) is -1.64. The highest BCUT2D eigenvalue weighted by Crippen LogP contribution is 2.21. The van der Waals surface area contributed by atoms with E-state index in [1.807, 2.05) is 13.0 Å². The quantitative estimate of drug-likeness (QED) is 0.835. The number of aliphatic carboxylic acids is 1. The Hall–Kier alpha value is -1.36. The van der Waals surface area contributed by atoms with Crippen molar-refractivity contribution in [2.45, 2.75) is 19.8 Å². The van der Waals surface area contributed by atoms with Crippen molar-refractivity contribution in [2.75, 3.05) is 5.32 Å². The first kappa shape index (κ1) is 12.7. The predicted octanol–water partition coefficient (Wildman–Crippen LogP) is 2.42. The number of carbonyl (C=O) groups excluding carboxylic acids is 1. The molecular weight excluding hydrogens is 274 g/mol. The summed E-state index contributed by atoms with van der Waals surface area (Å²) in [7, 11) is 0. The third-order valence-corrected chi connectivity index (χ3v) is 2.53. The van der Waals surface area contributed by atoms with Gasteiger partial charge in [0.25, 0.3) is 0 Å². The monoisotopic (exact) mass is 285 g/mol. The summed E-state index contributed by atoms with van der Waals surface area (Å²) >= 11 is 3.34. The van der Waals surface area contributed by atoms with Crippen molar-refractivity contribution in [3.05, 3.63) is 28.2 Å². The molecule has 0 heterocycles. The van der Waals surface area contributed by atoms with E-state index in [-0.39, 0.29) is 0 Å². The standard InChI is InChI=1S/C11H12BrNO3/c1-2-7-5-8(12)3-4-9(7)13-10(14)6-11(15)16/h3-5H,2,6H2,1H3,(H,13,14)(H,15,16). The van der Waals surface area contributed by atoms with Gasteiger partial charge in [-0.15, -0.1) is 0 Å². The topological polar surface area (TPSA) is 66.4 Å². The Labute approximate surface area is 102 Å². The van der Waals surface area contributed by atoms with Gasteiger partial charge < -0.3 is 10.4 Å². The third-order valence-electron chi connectivity index (χ3n) is 2.03. The van der Waals surface area contributed by atoms with Crippen LogP contribution in [0.4, 0.5) is 5.69 Å². The molecule has 86 valence electrons. The summed E-state index contributed by atoms with van der Waals surface area (Å²) < 4.78 is 0.931. The zero-order valence-electron chi connectivity index (χ0n) is 8.79. The van der Waals surface area contributed by atoms with Gasteiger partial charge in [-0.2, -0.15) is 0 Å². The van der Waals surface area contributed by atoms with Gasteiger partial charge in [-0.05, 0) is 30.2 Å². The molecule has 0 aliphatic heterocycles. The van der Waals surface area contributed by atoms with Crippen LogP contribution in [-0.4, -0.2) is 17.0 Å². The summed E-state index contributed by atoms with van der Waals surface area (Å²) in [6.07, 6.45) is 0.251. The fraction of sp³-hybridized carbons (Fsp3) is 0.273. The number of halogens is 1. The third kappa shape index (κ3) is 3.66. The number of carbonyl (C=O) groups is 2. The molecule has 1 aromatic rings. The molecule has 0 saturated carbocycles. The maximum absolute atomic E-state index is 11.3. The first-order valence-corrected chi connectivity index (χ1v) is 5.62. The van der Waals surface area contributed by atoms with Gasteiger partial charge in [0.05, 0.1) is 0 Å². The van der Waals surface area contributed by atoms with E-state index in [1.54, 1.807) is 12.1 Å². The minimum absolute atomic E-state index is 0.510. The van der Waals surface area contributed by atoms with Crippen LogP contribution in [0.3, 0.4) is 0 Å². The van der Waals surface area contributed by atoms with E-state index >= 15 is 0 Å². The molecule has 1 rings (SSSR count). The smallest absolute Gasteiger partial charge is 0.312 e. The Morgan fingerprint density at radius 2 is 2.12 bits per heavy atom. The van der Waals surface area contributed by atoms with Gasteiger partial charge >= 0.3 is 5.97 Å². The Morgan fingerprint density at radius 1 is 1.44 bits per heavy atom. The lowest BCUT2D eigenvalue weighted by Gasteiger charge is -2.09. The van der Waals surface area contributed by atoms with Crippen molar-refractivity contribution < 1.29 is 14.7 Å². The van der Waals surface area contributed by atoms with Crippen LogP contribution in [0.5, 0.6) is 0 Å². The van der Waals surface area contributed by atoms with Crippen LogP contribution in [0.1, 0.15) is 18.9 Å². The molecule has 5 heteroatoms. The Bertz CT molecular complexity index is 418. The van der Waals surface area contributed by atoms with Crippen molar-refractivity contribution in [2.24, 2.45) is 0 Å². The van der Waals surface area contributed by atoms with Crippen LogP contribution in [0, 0.1) is 0 Å². The number of nitrogens with one attached hydrogen (secondary N) is 1. The largest absolute Gasteiger partial charge is 0.481 e. The van der Waals surface area contributed by atoms with Crippen molar-refractivity contribution >= 4 is 33.5 Å². The van der Waals surface area contributed by atoms with Crippen molar-refractivity contribution in [3.8, 4) is 0 Å². The second-order valence-corrected chi connectivity index (χ2v) is 4.19. The van der Waals surface area contributed by atoms with Crippen LogP contribution in [0.2, 0.25) is 0 Å². The molecule has 2 N–H and O–H groups in total. The van der Waals surface area contributed by atoms with Gasteiger partial charge in [-0.25, -0.2) is 0 Å². The highest BCUT2D eigenvalue weighted by Gasteiger charge is 2.09. The second-order valence-electron chi connectivity index (χ2n) is 3.27. The molecule has 0 fully saturated rings. The molecular formula is C11H12BrNO3. The number of amides is 1. The lowest BCUT2D eigenvalue weighted by atomic mass is 10.1. The lowest BCUT2D eigenvalue weighted by molar-refractivity contribution is -0.139. The number of aryl methyl sites for hydroxylation is 1. The minimum Gasteiger partial charge on any atom is -0.481 e. The molecule has 0 spiro atoms. The van der Waals surface area contributed by atoms with Gasteiger partial charge in [0, 0.05) is 10.2 Å². The summed E-state index contributed by atoms with van der Waals surface area (Å²) in [6, 6.07) is 5.45. The Kier molecular flexibility index (Phi) is 4.49. The number of benzene rings is 1. The maximum atomic E-state index is 11.3. The normalized spacial score (nSPS) is 9.88. The van der Waals surface area contributed by atoms with Crippen LogP contribution >= 0.6 is 15.9 Å². The highest BCUT2D eigenvalue weighted by molar-refractivity contribution is 9.10. The number of rotatable bonds is 4. The van der Waals surface area contributed by atoms with Crippen LogP contribution < -0.4 is 5.32 Å². The maximum Gasteiger partial charge on any atom is 0.312 e. The molecule has 0 saturated heterocycles. The van der Waals surface area contributed by atoms with E-state index in [1.165, 1.54) is 0 Å². The minimum atomic E-state index is -1.13. The average molecular weight is 286 g/mol. The van der Waals surface area contributed by atoms with Crippen LogP contribution in [0.25, 0.3) is 0 Å². The summed E-state index contributed by atoms with van der Waals surface area (Å²) in [6.45, 7) is 1.97. The first-order valence-electron chi connectivity index (χ1n) is 4.83. The summed E-state index contributed by atoms with van der Waals surface area (Å²) in [5, 5.41) is 11.0. The molecule has 0 aliphatic rings. The Balaban J connectivity index is 2.80. The van der Waals surface area contributed by atoms with Crippen molar-refractivity contribution in [3.63, 3.8) is 0 Å². The molecule has 0 aliphatic carbocycles. The van der Waals surface area contributed by atoms with Crippen LogP contribution in [0.15, 0.2) is 22.7 Å². The molecule has 0 bridgehead atoms. The molecule has 1 aromatic carbocycles. The van der Waals surface area contributed by atoms with Crippen molar-refractivity contribution in [1.29, 1.82) is 0 Å². The van der Waals surface area contributed by atoms with E-state index in [0.29, 0.717) is 5.69 Å². The SMILES string of the molecule is CCc1cc(Br)ccc1NC(=O)CC(=O)O. The van der Waals surface area contributed by atoms with E-state index < -0.39 is 18.3 Å². The van der Waals surface area contributed by atoms with Gasteiger partial charge in [0.15, 0.2) is 0 Å². The summed E-state index contributed by atoms with van der Waals surface area (Å²) in [5.41, 5.74) is 1.63. The number of hydrogen-bond acceptors (Lipinski definition) is 2. The molecule has 1 amide bonds. The van der Waals surface area contributed by atoms with Gasteiger partial charge in [0.1, 0.15) is 6.42 Å².